The van der Waals surface area contributed by atoms with Crippen molar-refractivity contribution in [2.24, 2.45) is 0 Å². The highest BCUT2D eigenvalue weighted by Crippen LogP contribution is 2.35. The molecule has 0 radical (unpaired) electrons. The summed E-state index contributed by atoms with van der Waals surface area (Å²) in [5.41, 5.74) is 11.7. The first-order valence-electron chi connectivity index (χ1n) is 8.43. The van der Waals surface area contributed by atoms with Crippen LogP contribution >= 0.6 is 27.5 Å². The molecular formula is C20H17BrClN5. The lowest BCUT2D eigenvalue weighted by atomic mass is 10.1. The van der Waals surface area contributed by atoms with Gasteiger partial charge < -0.3 is 10.3 Å². The Morgan fingerprint density at radius 2 is 1.89 bits per heavy atom. The van der Waals surface area contributed by atoms with Crippen molar-refractivity contribution < 1.29 is 0 Å². The summed E-state index contributed by atoms with van der Waals surface area (Å²) in [6, 6.07) is 10.0. The van der Waals surface area contributed by atoms with Crippen LogP contribution in [0.1, 0.15) is 16.8 Å². The molecule has 0 atom stereocenters. The van der Waals surface area contributed by atoms with Gasteiger partial charge in [0.1, 0.15) is 10.8 Å². The third kappa shape index (κ3) is 3.19. The second-order valence-corrected chi connectivity index (χ2v) is 7.59. The van der Waals surface area contributed by atoms with Crippen molar-refractivity contribution in [2.75, 3.05) is 5.73 Å². The number of nitrogens with zero attached hydrogens (tertiary/aromatic N) is 4. The van der Waals surface area contributed by atoms with Crippen molar-refractivity contribution in [3.05, 3.63) is 69.2 Å². The van der Waals surface area contributed by atoms with Crippen molar-refractivity contribution in [3.8, 4) is 11.1 Å². The van der Waals surface area contributed by atoms with Crippen LogP contribution in [0.25, 0.3) is 22.2 Å². The molecule has 27 heavy (non-hydrogen) atoms. The summed E-state index contributed by atoms with van der Waals surface area (Å²) >= 11 is 10.1. The second kappa shape index (κ2) is 6.94. The number of hydrogen-bond acceptors (Lipinski definition) is 4. The number of halogens is 2. The van der Waals surface area contributed by atoms with Crippen molar-refractivity contribution in [1.29, 1.82) is 0 Å². The minimum atomic E-state index is 0.154. The van der Waals surface area contributed by atoms with Gasteiger partial charge in [0.2, 0.25) is 5.95 Å². The average molecular weight is 443 g/mol. The zero-order chi connectivity index (χ0) is 19.1. The van der Waals surface area contributed by atoms with Crippen LogP contribution in [-0.4, -0.2) is 19.5 Å². The van der Waals surface area contributed by atoms with E-state index in [2.05, 4.69) is 37.8 Å². The number of rotatable bonds is 3. The summed E-state index contributed by atoms with van der Waals surface area (Å²) in [5.74, 6) is 0.154. The largest absolute Gasteiger partial charge is 0.368 e. The zero-order valence-corrected chi connectivity index (χ0v) is 17.2. The Balaban J connectivity index is 1.93. The maximum Gasteiger partial charge on any atom is 0.223 e. The smallest absolute Gasteiger partial charge is 0.223 e. The predicted molar refractivity (Wildman–Crippen MR) is 113 cm³/mol. The minimum Gasteiger partial charge on any atom is -0.368 e. The fourth-order valence-corrected chi connectivity index (χ4v) is 3.79. The summed E-state index contributed by atoms with van der Waals surface area (Å²) in [5, 5.41) is 1.14. The molecule has 0 saturated carbocycles. The summed E-state index contributed by atoms with van der Waals surface area (Å²) < 4.78 is 3.10. The molecule has 0 aliphatic carbocycles. The number of nitrogens with two attached hydrogens (primary N) is 1. The quantitative estimate of drug-likeness (QED) is 0.445. The fourth-order valence-electron chi connectivity index (χ4n) is 3.19. The number of aryl methyl sites for hydroxylation is 1. The lowest BCUT2D eigenvalue weighted by Crippen LogP contribution is -2.06. The van der Waals surface area contributed by atoms with Crippen molar-refractivity contribution >= 4 is 44.5 Å². The molecule has 0 fully saturated rings. The van der Waals surface area contributed by atoms with E-state index in [0.717, 1.165) is 37.8 Å². The first-order valence-corrected chi connectivity index (χ1v) is 9.60. The highest BCUT2D eigenvalue weighted by Gasteiger charge is 2.18. The number of benzene rings is 1. The van der Waals surface area contributed by atoms with Crippen LogP contribution in [0.15, 0.2) is 47.2 Å². The lowest BCUT2D eigenvalue weighted by molar-refractivity contribution is 0.787. The van der Waals surface area contributed by atoms with Gasteiger partial charge in [-0.3, -0.25) is 4.98 Å². The maximum atomic E-state index is 6.44. The Morgan fingerprint density at radius 1 is 1.15 bits per heavy atom. The van der Waals surface area contributed by atoms with Gasteiger partial charge in [-0.25, -0.2) is 4.98 Å². The Morgan fingerprint density at radius 3 is 2.63 bits per heavy atom. The van der Waals surface area contributed by atoms with Gasteiger partial charge >= 0.3 is 0 Å². The van der Waals surface area contributed by atoms with Crippen LogP contribution < -0.4 is 5.73 Å². The molecule has 5 nitrogen and oxygen atoms in total. The van der Waals surface area contributed by atoms with Gasteiger partial charge in [0.15, 0.2) is 0 Å². The van der Waals surface area contributed by atoms with E-state index in [1.165, 1.54) is 0 Å². The third-order valence-corrected chi connectivity index (χ3v) is 6.11. The standard InChI is InChI=1S/C20H17BrClN5/c1-11-8-24-15(12(2)17(11)21)10-27-9-14(13-6-4-3-5-7-13)16-18(22)25-20(23)26-19(16)27/h3-9H,10H2,1-2H3,(H2,23,25,26). The molecule has 0 aliphatic rings. The molecule has 0 spiro atoms. The second-order valence-electron chi connectivity index (χ2n) is 6.43. The van der Waals surface area contributed by atoms with E-state index >= 15 is 0 Å². The minimum absolute atomic E-state index is 0.154. The van der Waals surface area contributed by atoms with E-state index < -0.39 is 0 Å². The maximum absolute atomic E-state index is 6.44. The van der Waals surface area contributed by atoms with Gasteiger partial charge in [0, 0.05) is 22.4 Å². The molecule has 2 N–H and O–H groups in total. The predicted octanol–water partition coefficient (Wildman–Crippen LogP) is 5.16. The number of pyridine rings is 1. The van der Waals surface area contributed by atoms with Gasteiger partial charge in [-0.15, -0.1) is 0 Å². The van der Waals surface area contributed by atoms with E-state index in [9.17, 15) is 0 Å². The molecule has 4 aromatic rings. The molecule has 136 valence electrons. The average Bonchev–Trinajstić information content (AvgIpc) is 3.01. The molecule has 0 saturated heterocycles. The highest BCUT2D eigenvalue weighted by atomic mass is 79.9. The van der Waals surface area contributed by atoms with Crippen molar-refractivity contribution in [1.82, 2.24) is 19.5 Å². The number of nitrogen functional groups attached to an aromatic ring is 1. The SMILES string of the molecule is Cc1cnc(Cn2cc(-c3ccccc3)c3c(Cl)nc(N)nc32)c(C)c1Br. The summed E-state index contributed by atoms with van der Waals surface area (Å²) in [6.45, 7) is 4.64. The molecule has 3 heterocycles. The summed E-state index contributed by atoms with van der Waals surface area (Å²) in [6.07, 6.45) is 3.90. The molecule has 4 rings (SSSR count). The molecule has 7 heteroatoms. The number of fused-ring (bicyclic) bond motifs is 1. The van der Waals surface area contributed by atoms with Crippen LogP contribution in [-0.2, 0) is 6.54 Å². The normalized spacial score (nSPS) is 11.3. The molecule has 3 aromatic heterocycles. The summed E-state index contributed by atoms with van der Waals surface area (Å²) in [7, 11) is 0. The molecular weight excluding hydrogens is 426 g/mol. The topological polar surface area (TPSA) is 69.6 Å². The van der Waals surface area contributed by atoms with E-state index in [0.29, 0.717) is 17.3 Å². The number of hydrogen-bond donors (Lipinski definition) is 1. The Kier molecular flexibility index (Phi) is 4.61. The molecule has 0 unspecified atom stereocenters. The van der Waals surface area contributed by atoms with Crippen molar-refractivity contribution in [2.45, 2.75) is 20.4 Å². The van der Waals surface area contributed by atoms with Crippen LogP contribution in [0.2, 0.25) is 5.15 Å². The molecule has 0 bridgehead atoms. The van der Waals surface area contributed by atoms with E-state index in [1.54, 1.807) is 0 Å². The van der Waals surface area contributed by atoms with Gasteiger partial charge in [0.25, 0.3) is 0 Å². The molecule has 0 amide bonds. The lowest BCUT2D eigenvalue weighted by Gasteiger charge is -2.10. The number of aromatic nitrogens is 4. The van der Waals surface area contributed by atoms with Crippen LogP contribution in [0, 0.1) is 13.8 Å². The van der Waals surface area contributed by atoms with E-state index in [4.69, 9.17) is 17.3 Å². The molecule has 1 aromatic carbocycles. The van der Waals surface area contributed by atoms with Gasteiger partial charge in [-0.1, -0.05) is 57.9 Å². The van der Waals surface area contributed by atoms with Crippen LogP contribution in [0.3, 0.4) is 0 Å². The van der Waals surface area contributed by atoms with Gasteiger partial charge in [0.05, 0.1) is 17.6 Å². The zero-order valence-electron chi connectivity index (χ0n) is 14.9. The Hall–Kier alpha value is -2.44. The Bertz CT molecular complexity index is 1150. The third-order valence-electron chi connectivity index (χ3n) is 4.62. The van der Waals surface area contributed by atoms with E-state index in [-0.39, 0.29) is 5.95 Å². The van der Waals surface area contributed by atoms with E-state index in [1.807, 2.05) is 54.2 Å². The fraction of sp³-hybridized carbons (Fsp3) is 0.150. The summed E-state index contributed by atoms with van der Waals surface area (Å²) in [4.78, 5) is 13.2. The van der Waals surface area contributed by atoms with Crippen LogP contribution in [0.4, 0.5) is 5.95 Å². The first-order chi connectivity index (χ1) is 13.0. The first kappa shape index (κ1) is 17.9. The Labute approximate surface area is 170 Å². The van der Waals surface area contributed by atoms with Crippen LogP contribution in [0.5, 0.6) is 0 Å². The highest BCUT2D eigenvalue weighted by molar-refractivity contribution is 9.10. The monoisotopic (exact) mass is 441 g/mol. The van der Waals surface area contributed by atoms with Gasteiger partial charge in [-0.05, 0) is 30.5 Å². The van der Waals surface area contributed by atoms with Gasteiger partial charge in [-0.2, -0.15) is 4.98 Å². The van der Waals surface area contributed by atoms with Crippen molar-refractivity contribution in [3.63, 3.8) is 0 Å². The number of anilines is 1. The molecule has 0 aliphatic heterocycles.